The van der Waals surface area contributed by atoms with Crippen LogP contribution < -0.4 is 15.4 Å². The third-order valence-electron chi connectivity index (χ3n) is 4.55. The molecule has 2 aromatic rings. The lowest BCUT2D eigenvalue weighted by molar-refractivity contribution is 0.0772. The molecule has 6 nitrogen and oxygen atoms in total. The second kappa shape index (κ2) is 11.9. The number of nitrogens with one attached hydrogen (secondary N) is 2. The minimum Gasteiger partial charge on any atom is -0.494 e. The van der Waals surface area contributed by atoms with Crippen LogP contribution >= 0.6 is 12.2 Å². The van der Waals surface area contributed by atoms with Crippen molar-refractivity contribution in [2.75, 3.05) is 25.0 Å². The maximum Gasteiger partial charge on any atom is 0.257 e. The average Bonchev–Trinajstić information content (AvgIpc) is 2.75. The summed E-state index contributed by atoms with van der Waals surface area (Å²) in [5.74, 6) is 0.422. The molecule has 0 saturated carbocycles. The minimum atomic E-state index is -0.305. The maximum absolute atomic E-state index is 12.4. The molecule has 0 bridgehead atoms. The highest BCUT2D eigenvalue weighted by Crippen LogP contribution is 2.14. The molecule has 2 amide bonds. The number of amides is 2. The first-order valence-corrected chi connectivity index (χ1v) is 10.6. The van der Waals surface area contributed by atoms with Crippen LogP contribution in [0.2, 0.25) is 0 Å². The van der Waals surface area contributed by atoms with Gasteiger partial charge in [-0.2, -0.15) is 0 Å². The molecule has 160 valence electrons. The minimum absolute atomic E-state index is 0.00968. The van der Waals surface area contributed by atoms with Crippen LogP contribution in [0.15, 0.2) is 48.5 Å². The van der Waals surface area contributed by atoms with E-state index in [4.69, 9.17) is 17.0 Å². The first-order chi connectivity index (χ1) is 14.5. The number of thiocarbonyl (C=S) groups is 1. The van der Waals surface area contributed by atoms with Crippen LogP contribution in [0.25, 0.3) is 0 Å². The molecule has 0 fully saturated rings. The number of unbranched alkanes of at least 4 members (excludes halogenated alkanes) is 1. The standard InChI is InChI=1S/C23H29N3O3S/c1-4-7-16-29-20-14-10-17(11-15-20)21(27)25-23(30)24-19-12-8-18(9-13-19)22(28)26(5-2)6-3/h8-15H,4-7,16H2,1-3H3,(H2,24,25,27,30). The SMILES string of the molecule is CCCCOc1ccc(C(=O)NC(=S)Nc2ccc(C(=O)N(CC)CC)cc2)cc1. The monoisotopic (exact) mass is 427 g/mol. The van der Waals surface area contributed by atoms with Crippen molar-refractivity contribution in [3.63, 3.8) is 0 Å². The van der Waals surface area contributed by atoms with Gasteiger partial charge in [0.05, 0.1) is 6.61 Å². The fourth-order valence-electron chi connectivity index (χ4n) is 2.76. The van der Waals surface area contributed by atoms with E-state index in [-0.39, 0.29) is 16.9 Å². The highest BCUT2D eigenvalue weighted by atomic mass is 32.1. The van der Waals surface area contributed by atoms with Gasteiger partial charge in [-0.15, -0.1) is 0 Å². The molecule has 0 aliphatic carbocycles. The quantitative estimate of drug-likeness (QED) is 0.456. The molecule has 2 rings (SSSR count). The van der Waals surface area contributed by atoms with Gasteiger partial charge in [0, 0.05) is 29.9 Å². The van der Waals surface area contributed by atoms with Crippen molar-refractivity contribution < 1.29 is 14.3 Å². The molecule has 0 saturated heterocycles. The van der Waals surface area contributed by atoms with E-state index in [9.17, 15) is 9.59 Å². The largest absolute Gasteiger partial charge is 0.494 e. The van der Waals surface area contributed by atoms with Gasteiger partial charge in [0.1, 0.15) is 5.75 Å². The van der Waals surface area contributed by atoms with Crippen molar-refractivity contribution in [3.05, 3.63) is 59.7 Å². The van der Waals surface area contributed by atoms with E-state index in [1.807, 2.05) is 13.8 Å². The van der Waals surface area contributed by atoms with Gasteiger partial charge in [0.25, 0.3) is 11.8 Å². The van der Waals surface area contributed by atoms with E-state index in [0.29, 0.717) is 36.5 Å². The second-order valence-electron chi connectivity index (χ2n) is 6.69. The Morgan fingerprint density at radius 3 is 2.10 bits per heavy atom. The average molecular weight is 428 g/mol. The van der Waals surface area contributed by atoms with Gasteiger partial charge >= 0.3 is 0 Å². The van der Waals surface area contributed by atoms with Crippen molar-refractivity contribution in [1.82, 2.24) is 10.2 Å². The predicted octanol–water partition coefficient (Wildman–Crippen LogP) is 4.47. The fraction of sp³-hybridized carbons (Fsp3) is 0.348. The summed E-state index contributed by atoms with van der Waals surface area (Å²) >= 11 is 5.23. The molecule has 0 atom stereocenters. The van der Waals surface area contributed by atoms with Crippen molar-refractivity contribution >= 4 is 34.8 Å². The number of carbonyl (C=O) groups excluding carboxylic acids is 2. The third kappa shape index (κ3) is 6.84. The summed E-state index contributed by atoms with van der Waals surface area (Å²) in [6, 6.07) is 13.9. The zero-order chi connectivity index (χ0) is 21.9. The summed E-state index contributed by atoms with van der Waals surface area (Å²) in [6.45, 7) is 7.99. The Morgan fingerprint density at radius 2 is 1.53 bits per heavy atom. The molecule has 2 aromatic carbocycles. The van der Waals surface area contributed by atoms with Crippen LogP contribution in [0.4, 0.5) is 5.69 Å². The van der Waals surface area contributed by atoms with E-state index in [1.165, 1.54) is 0 Å². The molecule has 0 aliphatic heterocycles. The normalized spacial score (nSPS) is 10.2. The highest BCUT2D eigenvalue weighted by molar-refractivity contribution is 7.80. The summed E-state index contributed by atoms with van der Waals surface area (Å²) in [5.41, 5.74) is 1.79. The van der Waals surface area contributed by atoms with Gasteiger partial charge in [-0.05, 0) is 81.0 Å². The van der Waals surface area contributed by atoms with Gasteiger partial charge in [0.15, 0.2) is 5.11 Å². The van der Waals surface area contributed by atoms with Gasteiger partial charge in [-0.25, -0.2) is 0 Å². The first kappa shape index (κ1) is 23.3. The van der Waals surface area contributed by atoms with Crippen LogP contribution in [-0.2, 0) is 0 Å². The van der Waals surface area contributed by atoms with Crippen molar-refractivity contribution in [2.24, 2.45) is 0 Å². The topological polar surface area (TPSA) is 70.7 Å². The number of rotatable bonds is 9. The van der Waals surface area contributed by atoms with E-state index < -0.39 is 0 Å². The van der Waals surface area contributed by atoms with Crippen LogP contribution in [0.1, 0.15) is 54.3 Å². The van der Waals surface area contributed by atoms with Gasteiger partial charge in [-0.1, -0.05) is 13.3 Å². The number of benzene rings is 2. The molecule has 0 radical (unpaired) electrons. The lowest BCUT2D eigenvalue weighted by Gasteiger charge is -2.18. The second-order valence-corrected chi connectivity index (χ2v) is 7.10. The summed E-state index contributed by atoms with van der Waals surface area (Å²) in [4.78, 5) is 26.5. The Bertz CT molecular complexity index is 847. The Morgan fingerprint density at radius 1 is 0.933 bits per heavy atom. The number of nitrogens with zero attached hydrogens (tertiary/aromatic N) is 1. The number of ether oxygens (including phenoxy) is 1. The zero-order valence-electron chi connectivity index (χ0n) is 17.7. The molecule has 0 aliphatic rings. The van der Waals surface area contributed by atoms with Gasteiger partial charge < -0.3 is 15.0 Å². The smallest absolute Gasteiger partial charge is 0.257 e. The lowest BCUT2D eigenvalue weighted by Crippen LogP contribution is -2.34. The van der Waals surface area contributed by atoms with Crippen LogP contribution in [0.3, 0.4) is 0 Å². The Hall–Kier alpha value is -2.93. The molecular weight excluding hydrogens is 398 g/mol. The predicted molar refractivity (Wildman–Crippen MR) is 124 cm³/mol. The van der Waals surface area contributed by atoms with Crippen LogP contribution in [0, 0.1) is 0 Å². The Balaban J connectivity index is 1.89. The zero-order valence-corrected chi connectivity index (χ0v) is 18.6. The Kier molecular flexibility index (Phi) is 9.28. The first-order valence-electron chi connectivity index (χ1n) is 10.2. The fourth-order valence-corrected chi connectivity index (χ4v) is 2.97. The van der Waals surface area contributed by atoms with E-state index in [0.717, 1.165) is 18.6 Å². The summed E-state index contributed by atoms with van der Waals surface area (Å²) < 4.78 is 5.60. The number of carbonyl (C=O) groups is 2. The van der Waals surface area contributed by atoms with E-state index >= 15 is 0 Å². The van der Waals surface area contributed by atoms with Crippen molar-refractivity contribution in [2.45, 2.75) is 33.6 Å². The van der Waals surface area contributed by atoms with Crippen LogP contribution in [0.5, 0.6) is 5.75 Å². The Labute approximate surface area is 183 Å². The molecule has 0 unspecified atom stereocenters. The number of hydrogen-bond acceptors (Lipinski definition) is 4. The third-order valence-corrected chi connectivity index (χ3v) is 4.75. The molecule has 7 heteroatoms. The molecule has 2 N–H and O–H groups in total. The van der Waals surface area contributed by atoms with E-state index in [2.05, 4.69) is 17.6 Å². The molecule has 0 heterocycles. The molecule has 0 spiro atoms. The summed E-state index contributed by atoms with van der Waals surface area (Å²) in [5, 5.41) is 5.80. The molecular formula is C23H29N3O3S. The van der Waals surface area contributed by atoms with Gasteiger partial charge in [0.2, 0.25) is 0 Å². The van der Waals surface area contributed by atoms with Crippen molar-refractivity contribution in [1.29, 1.82) is 0 Å². The maximum atomic E-state index is 12.4. The van der Waals surface area contributed by atoms with E-state index in [1.54, 1.807) is 53.4 Å². The van der Waals surface area contributed by atoms with Crippen LogP contribution in [-0.4, -0.2) is 41.5 Å². The highest BCUT2D eigenvalue weighted by Gasteiger charge is 2.12. The number of hydrogen-bond donors (Lipinski definition) is 2. The summed E-state index contributed by atoms with van der Waals surface area (Å²) in [6.07, 6.45) is 2.06. The van der Waals surface area contributed by atoms with Gasteiger partial charge in [-0.3, -0.25) is 14.9 Å². The number of anilines is 1. The molecule has 0 aromatic heterocycles. The van der Waals surface area contributed by atoms with Crippen molar-refractivity contribution in [3.8, 4) is 5.75 Å². The summed E-state index contributed by atoms with van der Waals surface area (Å²) in [7, 11) is 0. The molecule has 30 heavy (non-hydrogen) atoms. The lowest BCUT2D eigenvalue weighted by atomic mass is 10.2.